The molecule has 1 saturated heterocycles. The van der Waals surface area contributed by atoms with Crippen LogP contribution in [0.1, 0.15) is 42.8 Å². The van der Waals surface area contributed by atoms with Crippen molar-refractivity contribution in [1.29, 1.82) is 0 Å². The summed E-state index contributed by atoms with van der Waals surface area (Å²) in [4.78, 5) is 9.30. The van der Waals surface area contributed by atoms with Gasteiger partial charge in [0.05, 0.1) is 6.54 Å². The fourth-order valence-corrected chi connectivity index (χ4v) is 3.24. The Bertz CT molecular complexity index is 692. The molecule has 1 aliphatic heterocycles. The molecule has 0 N–H and O–H groups in total. The summed E-state index contributed by atoms with van der Waals surface area (Å²) in [6, 6.07) is 6.53. The van der Waals surface area contributed by atoms with Gasteiger partial charge in [0.2, 0.25) is 5.89 Å². The van der Waals surface area contributed by atoms with Gasteiger partial charge >= 0.3 is 0 Å². The first kappa shape index (κ1) is 17.9. The van der Waals surface area contributed by atoms with Gasteiger partial charge in [-0.25, -0.2) is 0 Å². The molecule has 1 aromatic heterocycles. The van der Waals surface area contributed by atoms with Crippen LogP contribution in [-0.4, -0.2) is 47.8 Å². The maximum atomic E-state index is 5.51. The normalized spacial score (nSPS) is 17.0. The zero-order chi connectivity index (χ0) is 17.8. The van der Waals surface area contributed by atoms with Crippen LogP contribution >= 0.6 is 0 Å². The largest absolute Gasteiger partial charge is 0.371 e. The molecule has 2 heterocycles. The number of ether oxygens (including phenoxy) is 1. The van der Waals surface area contributed by atoms with E-state index in [-0.39, 0.29) is 6.10 Å². The summed E-state index contributed by atoms with van der Waals surface area (Å²) in [6.07, 6.45) is -0.122. The highest BCUT2D eigenvalue weighted by Gasteiger charge is 2.21. The van der Waals surface area contributed by atoms with Gasteiger partial charge in [-0.2, -0.15) is 4.98 Å². The number of benzene rings is 1. The Hall–Kier alpha value is -1.92. The third-order valence-electron chi connectivity index (χ3n) is 4.91. The van der Waals surface area contributed by atoms with Crippen molar-refractivity contribution in [2.45, 2.75) is 40.3 Å². The smallest absolute Gasteiger partial charge is 0.240 e. The second kappa shape index (κ2) is 7.97. The molecule has 0 aliphatic carbocycles. The number of aromatic nitrogens is 2. The first-order valence-corrected chi connectivity index (χ1v) is 9.06. The van der Waals surface area contributed by atoms with Crippen LogP contribution in [0.3, 0.4) is 0 Å². The van der Waals surface area contributed by atoms with Crippen molar-refractivity contribution in [3.05, 3.63) is 41.0 Å². The van der Waals surface area contributed by atoms with Gasteiger partial charge in [-0.15, -0.1) is 0 Å². The van der Waals surface area contributed by atoms with Crippen LogP contribution in [0.15, 0.2) is 22.7 Å². The molecule has 2 aromatic rings. The minimum absolute atomic E-state index is 0.122. The summed E-state index contributed by atoms with van der Waals surface area (Å²) in [5, 5.41) is 4.04. The fourth-order valence-electron chi connectivity index (χ4n) is 3.24. The minimum atomic E-state index is -0.122. The quantitative estimate of drug-likeness (QED) is 0.803. The Morgan fingerprint density at radius 1 is 1.20 bits per heavy atom. The van der Waals surface area contributed by atoms with Crippen molar-refractivity contribution < 1.29 is 9.26 Å². The van der Waals surface area contributed by atoms with E-state index in [1.165, 1.54) is 16.8 Å². The van der Waals surface area contributed by atoms with Gasteiger partial charge in [-0.1, -0.05) is 17.3 Å². The third kappa shape index (κ3) is 4.19. The van der Waals surface area contributed by atoms with E-state index in [4.69, 9.17) is 9.26 Å². The van der Waals surface area contributed by atoms with Crippen molar-refractivity contribution >= 4 is 5.69 Å². The van der Waals surface area contributed by atoms with Crippen LogP contribution in [-0.2, 0) is 11.3 Å². The number of anilines is 1. The predicted octanol–water partition coefficient (Wildman–Crippen LogP) is 3.11. The van der Waals surface area contributed by atoms with Gasteiger partial charge in [0.15, 0.2) is 5.82 Å². The topological polar surface area (TPSA) is 54.6 Å². The van der Waals surface area contributed by atoms with E-state index in [9.17, 15) is 0 Å². The summed E-state index contributed by atoms with van der Waals surface area (Å²) in [5.41, 5.74) is 4.08. The number of nitrogens with zero attached hydrogens (tertiary/aromatic N) is 4. The molecule has 3 rings (SSSR count). The highest BCUT2D eigenvalue weighted by atomic mass is 16.5. The van der Waals surface area contributed by atoms with E-state index in [0.717, 1.165) is 26.2 Å². The molecule has 1 aromatic carbocycles. The second-order valence-corrected chi connectivity index (χ2v) is 6.63. The Balaban J connectivity index is 1.55. The molecule has 0 spiro atoms. The van der Waals surface area contributed by atoms with Crippen LogP contribution in [0.25, 0.3) is 0 Å². The average molecular weight is 344 g/mol. The van der Waals surface area contributed by atoms with Crippen molar-refractivity contribution in [3.8, 4) is 0 Å². The Morgan fingerprint density at radius 3 is 2.68 bits per heavy atom. The van der Waals surface area contributed by atoms with E-state index < -0.39 is 0 Å². The van der Waals surface area contributed by atoms with Crippen molar-refractivity contribution in [1.82, 2.24) is 15.0 Å². The number of piperazine rings is 1. The van der Waals surface area contributed by atoms with Gasteiger partial charge in [0.25, 0.3) is 0 Å². The van der Waals surface area contributed by atoms with E-state index in [1.807, 2.05) is 13.8 Å². The lowest BCUT2D eigenvalue weighted by Gasteiger charge is -2.36. The number of aryl methyl sites for hydroxylation is 1. The monoisotopic (exact) mass is 344 g/mol. The zero-order valence-corrected chi connectivity index (χ0v) is 15.7. The number of hydrogen-bond donors (Lipinski definition) is 0. The van der Waals surface area contributed by atoms with Crippen LogP contribution < -0.4 is 4.90 Å². The van der Waals surface area contributed by atoms with Crippen LogP contribution in [0.5, 0.6) is 0 Å². The lowest BCUT2D eigenvalue weighted by Crippen LogP contribution is -2.46. The lowest BCUT2D eigenvalue weighted by atomic mass is 10.1. The van der Waals surface area contributed by atoms with Crippen LogP contribution in [0, 0.1) is 13.8 Å². The van der Waals surface area contributed by atoms with Crippen LogP contribution in [0.2, 0.25) is 0 Å². The minimum Gasteiger partial charge on any atom is -0.371 e. The molecular weight excluding hydrogens is 316 g/mol. The summed E-state index contributed by atoms with van der Waals surface area (Å²) in [5.74, 6) is 1.30. The molecule has 136 valence electrons. The molecule has 0 bridgehead atoms. The molecular formula is C19H28N4O2. The Morgan fingerprint density at radius 2 is 1.96 bits per heavy atom. The molecule has 6 heteroatoms. The van der Waals surface area contributed by atoms with E-state index in [0.29, 0.717) is 24.9 Å². The summed E-state index contributed by atoms with van der Waals surface area (Å²) in [7, 11) is 0. The fraction of sp³-hybridized carbons (Fsp3) is 0.579. The highest BCUT2D eigenvalue weighted by molar-refractivity contribution is 5.56. The van der Waals surface area contributed by atoms with Crippen molar-refractivity contribution in [2.75, 3.05) is 37.7 Å². The molecule has 25 heavy (non-hydrogen) atoms. The predicted molar refractivity (Wildman–Crippen MR) is 97.7 cm³/mol. The maximum Gasteiger partial charge on any atom is 0.240 e. The van der Waals surface area contributed by atoms with Gasteiger partial charge in [0, 0.05) is 38.5 Å². The lowest BCUT2D eigenvalue weighted by molar-refractivity contribution is 0.0683. The maximum absolute atomic E-state index is 5.51. The van der Waals surface area contributed by atoms with E-state index in [2.05, 4.69) is 52.0 Å². The van der Waals surface area contributed by atoms with Gasteiger partial charge < -0.3 is 14.2 Å². The van der Waals surface area contributed by atoms with Gasteiger partial charge in [0.1, 0.15) is 6.10 Å². The standard InChI is InChI=1S/C19H28N4O2/c1-5-24-16(4)19-20-18(25-21-19)13-22-9-11-23(12-10-22)17-8-6-7-14(2)15(17)3/h6-8,16H,5,9-13H2,1-4H3/t16-/m0/s1. The first-order chi connectivity index (χ1) is 12.1. The summed E-state index contributed by atoms with van der Waals surface area (Å²) < 4.78 is 10.9. The first-order valence-electron chi connectivity index (χ1n) is 9.06. The van der Waals surface area contributed by atoms with E-state index >= 15 is 0 Å². The molecule has 1 fully saturated rings. The summed E-state index contributed by atoms with van der Waals surface area (Å²) >= 11 is 0. The molecule has 1 aliphatic rings. The molecule has 6 nitrogen and oxygen atoms in total. The highest BCUT2D eigenvalue weighted by Crippen LogP contribution is 2.24. The summed E-state index contributed by atoms with van der Waals surface area (Å²) in [6.45, 7) is 13.6. The molecule has 0 saturated carbocycles. The molecule has 0 unspecified atom stereocenters. The third-order valence-corrected chi connectivity index (χ3v) is 4.91. The van der Waals surface area contributed by atoms with Crippen LogP contribution in [0.4, 0.5) is 5.69 Å². The second-order valence-electron chi connectivity index (χ2n) is 6.63. The number of hydrogen-bond acceptors (Lipinski definition) is 6. The molecule has 0 radical (unpaired) electrons. The van der Waals surface area contributed by atoms with E-state index in [1.54, 1.807) is 0 Å². The molecule has 1 atom stereocenters. The number of rotatable bonds is 6. The zero-order valence-electron chi connectivity index (χ0n) is 15.7. The SMILES string of the molecule is CCO[C@@H](C)c1noc(CN2CCN(c3cccc(C)c3C)CC2)n1. The molecule has 0 amide bonds. The van der Waals surface area contributed by atoms with Crippen molar-refractivity contribution in [3.63, 3.8) is 0 Å². The average Bonchev–Trinajstić information content (AvgIpc) is 3.07. The Labute approximate surface area is 149 Å². The Kier molecular flexibility index (Phi) is 5.71. The van der Waals surface area contributed by atoms with Crippen molar-refractivity contribution in [2.24, 2.45) is 0 Å². The van der Waals surface area contributed by atoms with Gasteiger partial charge in [-0.3, -0.25) is 4.90 Å². The van der Waals surface area contributed by atoms with Gasteiger partial charge in [-0.05, 0) is 44.9 Å².